The molecular weight excluding hydrogens is 753 g/mol. The lowest BCUT2D eigenvalue weighted by molar-refractivity contribution is -0.142. The molecule has 1 fully saturated rings. The molecule has 0 bridgehead atoms. The Bertz CT molecular complexity index is 1960. The molecule has 0 saturated carbocycles. The van der Waals surface area contributed by atoms with Gasteiger partial charge in [0.25, 0.3) is 12.3 Å². The van der Waals surface area contributed by atoms with Gasteiger partial charge >= 0.3 is 6.09 Å². The second-order valence-corrected chi connectivity index (χ2v) is 17.5. The van der Waals surface area contributed by atoms with E-state index < -0.39 is 80.5 Å². The van der Waals surface area contributed by atoms with E-state index in [9.17, 15) is 36.4 Å². The van der Waals surface area contributed by atoms with Crippen molar-refractivity contribution in [3.05, 3.63) is 41.6 Å². The number of hydrogen-bond acceptors (Lipinski definition) is 10. The van der Waals surface area contributed by atoms with E-state index in [1.807, 2.05) is 6.08 Å². The predicted octanol–water partition coefficient (Wildman–Crippen LogP) is 5.38. The molecule has 0 radical (unpaired) electrons. The van der Waals surface area contributed by atoms with Crippen LogP contribution in [-0.2, 0) is 35.6 Å². The summed E-state index contributed by atoms with van der Waals surface area (Å²) in [7, 11) is -2.62. The number of rotatable bonds is 8. The van der Waals surface area contributed by atoms with E-state index in [-0.39, 0.29) is 50.8 Å². The molecule has 1 saturated heterocycles. The third-order valence-electron chi connectivity index (χ3n) is 10.8. The quantitative estimate of drug-likeness (QED) is 0.293. The molecule has 2 aromatic rings. The van der Waals surface area contributed by atoms with Crippen molar-refractivity contribution < 1.29 is 50.6 Å². The van der Waals surface area contributed by atoms with E-state index in [1.165, 1.54) is 25.9 Å². The van der Waals surface area contributed by atoms with E-state index in [0.717, 1.165) is 6.42 Å². The first-order chi connectivity index (χ1) is 26.4. The molecule has 4 amide bonds. The number of sulfonamides is 1. The molecule has 56 heavy (non-hydrogen) atoms. The van der Waals surface area contributed by atoms with Crippen LogP contribution in [0.2, 0.25) is 0 Å². The third-order valence-corrected chi connectivity index (χ3v) is 12.7. The summed E-state index contributed by atoms with van der Waals surface area (Å²) >= 11 is 0. The molecule has 5 atom stereocenters. The number of aryl methyl sites for hydroxylation is 1. The zero-order valence-corrected chi connectivity index (χ0v) is 33.6. The summed E-state index contributed by atoms with van der Waals surface area (Å²) in [6.45, 7) is 7.65. The Kier molecular flexibility index (Phi) is 13.2. The maximum atomic E-state index is 14.7. The van der Waals surface area contributed by atoms with Crippen LogP contribution >= 0.6 is 0 Å². The van der Waals surface area contributed by atoms with Crippen molar-refractivity contribution in [1.29, 1.82) is 0 Å². The number of nitrogens with one attached hydrogen (secondary N) is 3. The highest BCUT2D eigenvalue weighted by molar-refractivity contribution is 7.90. The lowest BCUT2D eigenvalue weighted by atomic mass is 9.86. The average Bonchev–Trinajstić information content (AvgIpc) is 3.51. The SMILES string of the molecule is CCC(C)S(=O)(=O)NC(=O)C1(C)CC=CCCCCCC(NC(=O)OC(C)C)C(=O)N2CC3(CCc4c(c(C(F)F)nc5ccc(OC)cc45)O3)CC2C(=O)N1. The Morgan fingerprint density at radius 1 is 1.14 bits per heavy atom. The number of aromatic nitrogens is 1. The van der Waals surface area contributed by atoms with Crippen LogP contribution in [0.3, 0.4) is 0 Å². The van der Waals surface area contributed by atoms with Crippen molar-refractivity contribution in [3.8, 4) is 11.5 Å². The Labute approximate surface area is 326 Å². The molecular formula is C39H53F2N5O9S. The molecule has 1 aromatic heterocycles. The molecule has 3 aliphatic rings. The first-order valence-electron chi connectivity index (χ1n) is 19.2. The van der Waals surface area contributed by atoms with Gasteiger partial charge in [-0.05, 0) is 90.8 Å². The van der Waals surface area contributed by atoms with Gasteiger partial charge in [0.05, 0.1) is 30.5 Å². The van der Waals surface area contributed by atoms with Crippen LogP contribution in [0.15, 0.2) is 30.4 Å². The van der Waals surface area contributed by atoms with Crippen molar-refractivity contribution in [2.45, 2.75) is 140 Å². The molecule has 1 aromatic carbocycles. The van der Waals surface area contributed by atoms with Crippen molar-refractivity contribution in [2.24, 2.45) is 0 Å². The maximum absolute atomic E-state index is 14.7. The number of ether oxygens (including phenoxy) is 3. The van der Waals surface area contributed by atoms with Crippen molar-refractivity contribution in [2.75, 3.05) is 13.7 Å². The summed E-state index contributed by atoms with van der Waals surface area (Å²) in [5.74, 6) is -2.01. The number of carbonyl (C=O) groups excluding carboxylic acids is 4. The Balaban J connectivity index is 1.57. The fourth-order valence-electron chi connectivity index (χ4n) is 7.43. The van der Waals surface area contributed by atoms with Gasteiger partial charge in [0, 0.05) is 17.4 Å². The van der Waals surface area contributed by atoms with Crippen molar-refractivity contribution in [3.63, 3.8) is 0 Å². The lowest BCUT2D eigenvalue weighted by Gasteiger charge is -2.37. The van der Waals surface area contributed by atoms with Crippen LogP contribution < -0.4 is 24.8 Å². The largest absolute Gasteiger partial charge is 0.497 e. The van der Waals surface area contributed by atoms with Gasteiger partial charge < -0.3 is 29.7 Å². The summed E-state index contributed by atoms with van der Waals surface area (Å²) in [6.07, 6.45) is 2.48. The molecule has 17 heteroatoms. The van der Waals surface area contributed by atoms with Crippen LogP contribution in [0.4, 0.5) is 13.6 Å². The normalized spacial score (nSPS) is 25.4. The van der Waals surface area contributed by atoms with E-state index in [1.54, 1.807) is 45.0 Å². The van der Waals surface area contributed by atoms with Gasteiger partial charge in [-0.25, -0.2) is 27.0 Å². The number of hydrogen-bond donors (Lipinski definition) is 3. The lowest BCUT2D eigenvalue weighted by Crippen LogP contribution is -2.62. The Morgan fingerprint density at radius 3 is 2.57 bits per heavy atom. The van der Waals surface area contributed by atoms with Gasteiger partial charge in [0.15, 0.2) is 5.75 Å². The first kappa shape index (κ1) is 42.6. The Hall–Kier alpha value is -4.54. The second-order valence-electron chi connectivity index (χ2n) is 15.4. The standard InChI is InChI=1S/C39H53F2N5O9S/c1-7-24(4)56(51,52)45-36(49)38(5)18-13-11-9-8-10-12-14-29(43-37(50)54-23(2)3)35(48)46-22-39(21-30(46)34(47)44-38)19-17-26-27-20-25(53-6)15-16-28(27)42-31(33(40)41)32(26)55-39/h11,13,15-16,20,23-24,29-30,33H,7-10,12,14,17-19,21-22H2,1-6H3,(H,43,50)(H,44,47)(H,45,49). The molecule has 3 aliphatic heterocycles. The maximum Gasteiger partial charge on any atom is 0.408 e. The van der Waals surface area contributed by atoms with Gasteiger partial charge in [-0.15, -0.1) is 0 Å². The summed E-state index contributed by atoms with van der Waals surface area (Å²) < 4.78 is 74.7. The molecule has 3 N–H and O–H groups in total. The number of allylic oxidation sites excluding steroid dienone is 1. The van der Waals surface area contributed by atoms with E-state index in [2.05, 4.69) is 20.3 Å². The molecule has 5 unspecified atom stereocenters. The summed E-state index contributed by atoms with van der Waals surface area (Å²) in [4.78, 5) is 61.4. The molecule has 14 nitrogen and oxygen atoms in total. The van der Waals surface area contributed by atoms with Gasteiger partial charge in [-0.2, -0.15) is 0 Å². The zero-order valence-electron chi connectivity index (χ0n) is 32.8. The molecule has 4 heterocycles. The van der Waals surface area contributed by atoms with E-state index >= 15 is 0 Å². The molecule has 308 valence electrons. The number of alkyl carbamates (subject to hydrolysis) is 1. The second kappa shape index (κ2) is 17.3. The van der Waals surface area contributed by atoms with Crippen molar-refractivity contribution >= 4 is 44.7 Å². The zero-order chi connectivity index (χ0) is 41.0. The van der Waals surface area contributed by atoms with Crippen LogP contribution in [0.5, 0.6) is 11.5 Å². The minimum Gasteiger partial charge on any atom is -0.497 e. The van der Waals surface area contributed by atoms with Crippen molar-refractivity contribution in [1.82, 2.24) is 25.2 Å². The summed E-state index contributed by atoms with van der Waals surface area (Å²) in [5.41, 5.74) is -2.90. The number of halogens is 2. The van der Waals surface area contributed by atoms with Gasteiger partial charge in [0.2, 0.25) is 21.8 Å². The highest BCUT2D eigenvalue weighted by Crippen LogP contribution is 2.47. The fourth-order valence-corrected chi connectivity index (χ4v) is 8.55. The monoisotopic (exact) mass is 805 g/mol. The average molecular weight is 806 g/mol. The fraction of sp³-hybridized carbons (Fsp3) is 0.615. The number of alkyl halides is 2. The van der Waals surface area contributed by atoms with Gasteiger partial charge in [-0.3, -0.25) is 19.1 Å². The number of methoxy groups -OCH3 is 1. The number of amides is 4. The molecule has 5 rings (SSSR count). The third kappa shape index (κ3) is 9.35. The highest BCUT2D eigenvalue weighted by Gasteiger charge is 2.54. The minimum absolute atomic E-state index is 0.0680. The smallest absolute Gasteiger partial charge is 0.408 e. The minimum atomic E-state index is -4.10. The number of carbonyl (C=O) groups is 4. The highest BCUT2D eigenvalue weighted by atomic mass is 32.2. The van der Waals surface area contributed by atoms with Gasteiger partial charge in [0.1, 0.15) is 34.7 Å². The number of benzene rings is 1. The van der Waals surface area contributed by atoms with E-state index in [4.69, 9.17) is 14.2 Å². The number of nitrogens with zero attached hydrogens (tertiary/aromatic N) is 2. The number of pyridine rings is 1. The Morgan fingerprint density at radius 2 is 1.89 bits per heavy atom. The first-order valence-corrected chi connectivity index (χ1v) is 20.8. The van der Waals surface area contributed by atoms with Crippen LogP contribution in [0, 0.1) is 0 Å². The van der Waals surface area contributed by atoms with E-state index in [0.29, 0.717) is 41.5 Å². The topological polar surface area (TPSA) is 182 Å². The predicted molar refractivity (Wildman–Crippen MR) is 204 cm³/mol. The summed E-state index contributed by atoms with van der Waals surface area (Å²) in [6, 6.07) is 2.48. The summed E-state index contributed by atoms with van der Waals surface area (Å²) in [5, 5.41) is 5.09. The molecule has 1 spiro atoms. The number of fused-ring (bicyclic) bond motifs is 4. The van der Waals surface area contributed by atoms with Crippen LogP contribution in [0.25, 0.3) is 10.9 Å². The molecule has 0 aliphatic carbocycles. The van der Waals surface area contributed by atoms with Crippen LogP contribution in [0.1, 0.15) is 110 Å². The van der Waals surface area contributed by atoms with Crippen LogP contribution in [-0.4, -0.2) is 90.3 Å². The van der Waals surface area contributed by atoms with Gasteiger partial charge in [-0.1, -0.05) is 31.9 Å².